The van der Waals surface area contributed by atoms with E-state index in [9.17, 15) is 22.0 Å². The van der Waals surface area contributed by atoms with Crippen molar-refractivity contribution in [1.29, 1.82) is 0 Å². The Morgan fingerprint density at radius 2 is 1.86 bits per heavy atom. The molecule has 2 heterocycles. The van der Waals surface area contributed by atoms with Crippen LogP contribution in [0.1, 0.15) is 17.7 Å². The van der Waals surface area contributed by atoms with Gasteiger partial charge >= 0.3 is 6.18 Å². The van der Waals surface area contributed by atoms with Gasteiger partial charge in [-0.3, -0.25) is 4.98 Å². The van der Waals surface area contributed by atoms with Gasteiger partial charge in [0.25, 0.3) is 6.43 Å². The molecule has 0 atom stereocenters. The number of hydrogen-bond donors (Lipinski definition) is 0. The summed E-state index contributed by atoms with van der Waals surface area (Å²) in [7, 11) is 0. The fraction of sp³-hybridized carbons (Fsp3) is 0.250. The van der Waals surface area contributed by atoms with Crippen molar-refractivity contribution in [2.45, 2.75) is 17.6 Å². The molecule has 3 nitrogen and oxygen atoms in total. The molecule has 0 unspecified atom stereocenters. The fourth-order valence-corrected chi connectivity index (χ4v) is 2.19. The molecule has 22 heavy (non-hydrogen) atoms. The number of thioether (sulfide) groups is 1. The van der Waals surface area contributed by atoms with Crippen molar-refractivity contribution >= 4 is 23.4 Å². The van der Waals surface area contributed by atoms with E-state index in [0.717, 1.165) is 17.8 Å². The Morgan fingerprint density at radius 3 is 2.36 bits per heavy atom. The van der Waals surface area contributed by atoms with Gasteiger partial charge in [-0.15, -0.1) is 11.8 Å². The first-order chi connectivity index (χ1) is 10.2. The lowest BCUT2D eigenvalue weighted by Gasteiger charge is -2.10. The summed E-state index contributed by atoms with van der Waals surface area (Å²) < 4.78 is 63.3. The zero-order valence-corrected chi connectivity index (χ0v) is 12.4. The van der Waals surface area contributed by atoms with Gasteiger partial charge in [0.2, 0.25) is 0 Å². The molecule has 0 bridgehead atoms. The van der Waals surface area contributed by atoms with E-state index in [1.54, 1.807) is 6.26 Å². The van der Waals surface area contributed by atoms with Crippen LogP contribution >= 0.6 is 23.4 Å². The van der Waals surface area contributed by atoms with Crippen molar-refractivity contribution in [3.63, 3.8) is 0 Å². The standard InChI is InChI=1S/C12H7ClF5N3S/c1-22-8-3-7(10(14)15)20-11(21-8)9-6(13)2-5(4-19-9)12(16,17)18/h2-4,10H,1H3. The second-order valence-electron chi connectivity index (χ2n) is 4.01. The number of rotatable bonds is 3. The monoisotopic (exact) mass is 355 g/mol. The molecular weight excluding hydrogens is 349 g/mol. The highest BCUT2D eigenvalue weighted by molar-refractivity contribution is 7.98. The first kappa shape index (κ1) is 16.9. The van der Waals surface area contributed by atoms with Crippen LogP contribution in [0.3, 0.4) is 0 Å². The van der Waals surface area contributed by atoms with Crippen molar-refractivity contribution in [3.05, 3.63) is 34.6 Å². The number of pyridine rings is 1. The molecule has 0 aromatic carbocycles. The summed E-state index contributed by atoms with van der Waals surface area (Å²) >= 11 is 6.85. The maximum Gasteiger partial charge on any atom is 0.417 e. The fourth-order valence-electron chi connectivity index (χ4n) is 1.52. The van der Waals surface area contributed by atoms with Crippen molar-refractivity contribution < 1.29 is 22.0 Å². The molecule has 2 aromatic heterocycles. The van der Waals surface area contributed by atoms with E-state index in [1.165, 1.54) is 0 Å². The van der Waals surface area contributed by atoms with Gasteiger partial charge in [0.1, 0.15) is 16.4 Å². The van der Waals surface area contributed by atoms with E-state index < -0.39 is 23.9 Å². The molecule has 0 amide bonds. The zero-order valence-electron chi connectivity index (χ0n) is 10.8. The third kappa shape index (κ3) is 3.64. The van der Waals surface area contributed by atoms with Crippen molar-refractivity contribution in [2.75, 3.05) is 6.26 Å². The van der Waals surface area contributed by atoms with Crippen LogP contribution < -0.4 is 0 Å². The van der Waals surface area contributed by atoms with E-state index in [2.05, 4.69) is 15.0 Å². The van der Waals surface area contributed by atoms with Gasteiger partial charge in [-0.05, 0) is 18.4 Å². The number of halogens is 6. The highest BCUT2D eigenvalue weighted by Gasteiger charge is 2.32. The van der Waals surface area contributed by atoms with Crippen molar-refractivity contribution in [3.8, 4) is 11.5 Å². The number of nitrogens with zero attached hydrogens (tertiary/aromatic N) is 3. The molecule has 2 aromatic rings. The lowest BCUT2D eigenvalue weighted by Crippen LogP contribution is -2.07. The van der Waals surface area contributed by atoms with Crippen LogP contribution in [0.5, 0.6) is 0 Å². The van der Waals surface area contributed by atoms with Crippen LogP contribution in [0.4, 0.5) is 22.0 Å². The molecule has 118 valence electrons. The van der Waals surface area contributed by atoms with E-state index in [-0.39, 0.29) is 21.6 Å². The summed E-state index contributed by atoms with van der Waals surface area (Å²) in [5.41, 5.74) is -1.78. The smallest absolute Gasteiger partial charge is 0.251 e. The van der Waals surface area contributed by atoms with Gasteiger partial charge in [-0.2, -0.15) is 13.2 Å². The summed E-state index contributed by atoms with van der Waals surface area (Å²) in [4.78, 5) is 11.1. The van der Waals surface area contributed by atoms with Crippen LogP contribution in [0.2, 0.25) is 5.02 Å². The Labute approximate surface area is 130 Å². The van der Waals surface area contributed by atoms with Crippen LogP contribution in [0, 0.1) is 0 Å². The predicted octanol–water partition coefficient (Wildman–Crippen LogP) is 4.87. The Kier molecular flexibility index (Phi) is 4.86. The maximum absolute atomic E-state index is 12.8. The average Bonchev–Trinajstić information content (AvgIpc) is 2.45. The Hall–Kier alpha value is -1.48. The average molecular weight is 356 g/mol. The SMILES string of the molecule is CSc1cc(C(F)F)nc(-c2ncc(C(F)(F)F)cc2Cl)n1. The van der Waals surface area contributed by atoms with Crippen LogP contribution in [-0.4, -0.2) is 21.2 Å². The second kappa shape index (κ2) is 6.33. The third-order valence-electron chi connectivity index (χ3n) is 2.54. The molecule has 10 heteroatoms. The van der Waals surface area contributed by atoms with E-state index in [0.29, 0.717) is 12.3 Å². The van der Waals surface area contributed by atoms with Crippen LogP contribution in [0.25, 0.3) is 11.5 Å². The molecule has 0 aliphatic rings. The summed E-state index contributed by atoms with van der Waals surface area (Å²) in [6.45, 7) is 0. The van der Waals surface area contributed by atoms with E-state index >= 15 is 0 Å². The van der Waals surface area contributed by atoms with Crippen molar-refractivity contribution in [1.82, 2.24) is 15.0 Å². The van der Waals surface area contributed by atoms with E-state index in [1.807, 2.05) is 0 Å². The minimum absolute atomic E-state index is 0.188. The van der Waals surface area contributed by atoms with Gasteiger partial charge in [0.05, 0.1) is 10.6 Å². The number of aromatic nitrogens is 3. The third-order valence-corrected chi connectivity index (χ3v) is 3.45. The maximum atomic E-state index is 12.8. The van der Waals surface area contributed by atoms with Gasteiger partial charge in [-0.25, -0.2) is 18.7 Å². The molecular formula is C12H7ClF5N3S. The van der Waals surface area contributed by atoms with Gasteiger partial charge in [0, 0.05) is 6.20 Å². The summed E-state index contributed by atoms with van der Waals surface area (Å²) in [6, 6.07) is 1.75. The normalized spacial score (nSPS) is 12.0. The number of alkyl halides is 5. The van der Waals surface area contributed by atoms with Gasteiger partial charge in [-0.1, -0.05) is 11.6 Å². The predicted molar refractivity (Wildman–Crippen MR) is 72.0 cm³/mol. The first-order valence-corrected chi connectivity index (χ1v) is 7.27. The minimum atomic E-state index is -4.61. The topological polar surface area (TPSA) is 38.7 Å². The van der Waals surface area contributed by atoms with Gasteiger partial charge in [0.15, 0.2) is 5.82 Å². The van der Waals surface area contributed by atoms with Crippen molar-refractivity contribution in [2.24, 2.45) is 0 Å². The lowest BCUT2D eigenvalue weighted by molar-refractivity contribution is -0.137. The lowest BCUT2D eigenvalue weighted by atomic mass is 10.2. The largest absolute Gasteiger partial charge is 0.417 e. The summed E-state index contributed by atoms with van der Waals surface area (Å²) in [5, 5.41) is -0.133. The highest BCUT2D eigenvalue weighted by Crippen LogP contribution is 2.34. The highest BCUT2D eigenvalue weighted by atomic mass is 35.5. The number of hydrogen-bond acceptors (Lipinski definition) is 4. The molecule has 0 radical (unpaired) electrons. The molecule has 0 saturated carbocycles. The molecule has 0 spiro atoms. The first-order valence-electron chi connectivity index (χ1n) is 5.66. The zero-order chi connectivity index (χ0) is 16.5. The summed E-state index contributed by atoms with van der Waals surface area (Å²) in [6.07, 6.45) is -5.28. The van der Waals surface area contributed by atoms with E-state index in [4.69, 9.17) is 11.6 Å². The second-order valence-corrected chi connectivity index (χ2v) is 5.25. The molecule has 2 rings (SSSR count). The molecule has 0 aliphatic carbocycles. The molecule has 0 N–H and O–H groups in total. The molecule has 0 saturated heterocycles. The molecule has 0 aliphatic heterocycles. The summed E-state index contributed by atoms with van der Waals surface area (Å²) in [5.74, 6) is -0.249. The Balaban J connectivity index is 2.54. The van der Waals surface area contributed by atoms with Crippen LogP contribution in [-0.2, 0) is 6.18 Å². The Bertz CT molecular complexity index is 693. The van der Waals surface area contributed by atoms with Gasteiger partial charge < -0.3 is 0 Å². The Morgan fingerprint density at radius 1 is 1.18 bits per heavy atom. The quantitative estimate of drug-likeness (QED) is 0.447. The van der Waals surface area contributed by atoms with Crippen LogP contribution in [0.15, 0.2) is 23.4 Å². The minimum Gasteiger partial charge on any atom is -0.251 e. The molecule has 0 fully saturated rings.